The summed E-state index contributed by atoms with van der Waals surface area (Å²) in [6.45, 7) is 2.41. The first-order valence-corrected chi connectivity index (χ1v) is 8.71. The molecule has 120 valence electrons. The van der Waals surface area contributed by atoms with Crippen molar-refractivity contribution in [2.45, 2.75) is 25.3 Å². The van der Waals surface area contributed by atoms with Crippen molar-refractivity contribution < 1.29 is 14.3 Å². The van der Waals surface area contributed by atoms with Crippen molar-refractivity contribution in [3.8, 4) is 0 Å². The largest absolute Gasteiger partial charge is 0.383 e. The Hall–Kier alpha value is -1.40. The standard InChI is InChI=1S/C16H22N2O3S/c1-21-6-5-18-14-3-2-13(16(18)20)9-17(10-14)15(19)8-12-4-7-22-11-12/h4,7,11,13-14H,2-3,5-6,8-10H2,1H3/t13-,14+/m1/s1. The number of piperidine rings is 1. The van der Waals surface area contributed by atoms with Gasteiger partial charge in [0.1, 0.15) is 0 Å². The third kappa shape index (κ3) is 3.17. The first kappa shape index (κ1) is 15.5. The molecule has 0 saturated carbocycles. The Kier molecular flexibility index (Phi) is 4.78. The summed E-state index contributed by atoms with van der Waals surface area (Å²) in [6, 6.07) is 2.14. The van der Waals surface area contributed by atoms with Gasteiger partial charge >= 0.3 is 0 Å². The van der Waals surface area contributed by atoms with E-state index in [1.54, 1.807) is 18.4 Å². The smallest absolute Gasteiger partial charge is 0.227 e. The molecule has 3 saturated heterocycles. The maximum Gasteiger partial charge on any atom is 0.227 e. The number of hydrogen-bond acceptors (Lipinski definition) is 4. The number of rotatable bonds is 5. The predicted molar refractivity (Wildman–Crippen MR) is 84.7 cm³/mol. The molecule has 6 heteroatoms. The van der Waals surface area contributed by atoms with Crippen molar-refractivity contribution in [3.05, 3.63) is 22.4 Å². The van der Waals surface area contributed by atoms with E-state index >= 15 is 0 Å². The molecule has 4 heterocycles. The molecule has 0 aromatic carbocycles. The van der Waals surface area contributed by atoms with E-state index in [1.807, 2.05) is 26.6 Å². The fraction of sp³-hybridized carbons (Fsp3) is 0.625. The van der Waals surface area contributed by atoms with Crippen LogP contribution in [0.5, 0.6) is 0 Å². The molecule has 2 atom stereocenters. The van der Waals surface area contributed by atoms with Gasteiger partial charge in [0, 0.05) is 32.8 Å². The molecule has 3 fully saturated rings. The minimum absolute atomic E-state index is 0.0398. The molecule has 22 heavy (non-hydrogen) atoms. The number of thiophene rings is 1. The Labute approximate surface area is 134 Å². The average molecular weight is 322 g/mol. The van der Waals surface area contributed by atoms with Crippen LogP contribution in [0, 0.1) is 5.92 Å². The molecule has 3 aliphatic rings. The fourth-order valence-electron chi connectivity index (χ4n) is 3.41. The Morgan fingerprint density at radius 3 is 3.00 bits per heavy atom. The number of amides is 2. The van der Waals surface area contributed by atoms with Crippen LogP contribution in [0.4, 0.5) is 0 Å². The number of methoxy groups -OCH3 is 1. The Morgan fingerprint density at radius 2 is 2.27 bits per heavy atom. The van der Waals surface area contributed by atoms with Crippen LogP contribution >= 0.6 is 11.3 Å². The van der Waals surface area contributed by atoms with Crippen molar-refractivity contribution in [1.82, 2.24) is 9.80 Å². The van der Waals surface area contributed by atoms with Gasteiger partial charge in [-0.05, 0) is 35.2 Å². The highest BCUT2D eigenvalue weighted by molar-refractivity contribution is 7.07. The summed E-state index contributed by atoms with van der Waals surface area (Å²) in [6.07, 6.45) is 2.33. The summed E-state index contributed by atoms with van der Waals surface area (Å²) in [7, 11) is 1.65. The molecule has 3 aliphatic heterocycles. The molecular formula is C16H22N2O3S. The summed E-state index contributed by atoms with van der Waals surface area (Å²) in [5, 5.41) is 4.01. The maximum absolute atomic E-state index is 12.5. The molecule has 0 N–H and O–H groups in total. The Morgan fingerprint density at radius 1 is 1.41 bits per heavy atom. The number of carbonyl (C=O) groups is 2. The van der Waals surface area contributed by atoms with E-state index in [2.05, 4.69) is 0 Å². The maximum atomic E-state index is 12.5. The van der Waals surface area contributed by atoms with Crippen molar-refractivity contribution in [1.29, 1.82) is 0 Å². The summed E-state index contributed by atoms with van der Waals surface area (Å²) in [4.78, 5) is 28.9. The SMILES string of the molecule is COCCN1C(=O)[C@@H]2CC[C@H]1CN(C(=O)Cc1ccsc1)C2. The lowest BCUT2D eigenvalue weighted by molar-refractivity contribution is -0.140. The number of hydrogen-bond donors (Lipinski definition) is 0. The summed E-state index contributed by atoms with van der Waals surface area (Å²) >= 11 is 1.61. The topological polar surface area (TPSA) is 49.9 Å². The minimum Gasteiger partial charge on any atom is -0.383 e. The second kappa shape index (κ2) is 6.79. The minimum atomic E-state index is -0.0398. The van der Waals surface area contributed by atoms with Gasteiger partial charge < -0.3 is 14.5 Å². The fourth-order valence-corrected chi connectivity index (χ4v) is 4.08. The van der Waals surface area contributed by atoms with Gasteiger partial charge in [0.2, 0.25) is 11.8 Å². The van der Waals surface area contributed by atoms with Crippen LogP contribution in [0.25, 0.3) is 0 Å². The molecule has 1 aromatic rings. The van der Waals surface area contributed by atoms with E-state index in [-0.39, 0.29) is 23.8 Å². The monoisotopic (exact) mass is 322 g/mol. The molecule has 5 nitrogen and oxygen atoms in total. The average Bonchev–Trinajstić information content (AvgIpc) is 2.86. The normalized spacial score (nSPS) is 24.7. The molecular weight excluding hydrogens is 300 g/mol. The Bertz CT molecular complexity index is 532. The first-order chi connectivity index (χ1) is 10.7. The highest BCUT2D eigenvalue weighted by Crippen LogP contribution is 2.29. The van der Waals surface area contributed by atoms with Gasteiger partial charge in [0.05, 0.1) is 18.9 Å². The number of ether oxygens (including phenoxy) is 1. The molecule has 2 amide bonds. The highest BCUT2D eigenvalue weighted by atomic mass is 32.1. The lowest BCUT2D eigenvalue weighted by Crippen LogP contribution is -2.49. The lowest BCUT2D eigenvalue weighted by atomic mass is 9.94. The van der Waals surface area contributed by atoms with Gasteiger partial charge in [0.15, 0.2) is 0 Å². The third-order valence-corrected chi connectivity index (χ3v) is 5.35. The number of carbonyl (C=O) groups excluding carboxylic acids is 2. The van der Waals surface area contributed by atoms with Gasteiger partial charge in [-0.2, -0.15) is 11.3 Å². The van der Waals surface area contributed by atoms with Crippen LogP contribution in [-0.2, 0) is 20.7 Å². The molecule has 0 unspecified atom stereocenters. The quantitative estimate of drug-likeness (QED) is 0.823. The van der Waals surface area contributed by atoms with Crippen LogP contribution < -0.4 is 0 Å². The van der Waals surface area contributed by atoms with E-state index in [1.165, 1.54) is 0 Å². The number of nitrogens with zero attached hydrogens (tertiary/aromatic N) is 2. The van der Waals surface area contributed by atoms with Crippen LogP contribution in [0.15, 0.2) is 16.8 Å². The van der Waals surface area contributed by atoms with Crippen molar-refractivity contribution in [3.63, 3.8) is 0 Å². The second-order valence-electron chi connectivity index (χ2n) is 6.06. The molecule has 4 rings (SSSR count). The molecule has 2 bridgehead atoms. The molecule has 0 spiro atoms. The summed E-state index contributed by atoms with van der Waals surface area (Å²) in [5.74, 6) is 0.290. The van der Waals surface area contributed by atoms with E-state index in [4.69, 9.17) is 4.74 Å². The van der Waals surface area contributed by atoms with E-state index in [0.717, 1.165) is 18.4 Å². The van der Waals surface area contributed by atoms with E-state index < -0.39 is 0 Å². The van der Waals surface area contributed by atoms with Crippen molar-refractivity contribution >= 4 is 23.2 Å². The van der Waals surface area contributed by atoms with Crippen LogP contribution in [0.1, 0.15) is 18.4 Å². The van der Waals surface area contributed by atoms with Crippen molar-refractivity contribution in [2.75, 3.05) is 33.4 Å². The zero-order valence-electron chi connectivity index (χ0n) is 12.9. The molecule has 0 aliphatic carbocycles. The molecule has 0 radical (unpaired) electrons. The third-order valence-electron chi connectivity index (χ3n) is 4.62. The highest BCUT2D eigenvalue weighted by Gasteiger charge is 2.41. The van der Waals surface area contributed by atoms with Gasteiger partial charge in [0.25, 0.3) is 0 Å². The van der Waals surface area contributed by atoms with Gasteiger partial charge in [-0.3, -0.25) is 9.59 Å². The van der Waals surface area contributed by atoms with Gasteiger partial charge in [-0.15, -0.1) is 0 Å². The Balaban J connectivity index is 1.68. The van der Waals surface area contributed by atoms with E-state index in [9.17, 15) is 9.59 Å². The van der Waals surface area contributed by atoms with Crippen LogP contribution in [0.2, 0.25) is 0 Å². The zero-order chi connectivity index (χ0) is 15.5. The second-order valence-corrected chi connectivity index (χ2v) is 6.84. The van der Waals surface area contributed by atoms with Gasteiger partial charge in [-0.25, -0.2) is 0 Å². The van der Waals surface area contributed by atoms with Gasteiger partial charge in [-0.1, -0.05) is 0 Å². The van der Waals surface area contributed by atoms with Crippen LogP contribution in [-0.4, -0.2) is 61.0 Å². The predicted octanol–water partition coefficient (Wildman–Crippen LogP) is 1.39. The van der Waals surface area contributed by atoms with E-state index in [0.29, 0.717) is 32.7 Å². The summed E-state index contributed by atoms with van der Waals surface area (Å²) in [5.41, 5.74) is 1.06. The van der Waals surface area contributed by atoms with Crippen molar-refractivity contribution in [2.24, 2.45) is 5.92 Å². The molecule has 1 aromatic heterocycles. The lowest BCUT2D eigenvalue weighted by Gasteiger charge is -2.35. The van der Waals surface area contributed by atoms with Crippen LogP contribution in [0.3, 0.4) is 0 Å². The summed E-state index contributed by atoms with van der Waals surface area (Å²) < 4.78 is 5.11. The number of fused-ring (bicyclic) bond motifs is 4. The first-order valence-electron chi connectivity index (χ1n) is 7.77. The zero-order valence-corrected chi connectivity index (χ0v) is 13.7.